The molecule has 0 saturated heterocycles. The van der Waals surface area contributed by atoms with E-state index in [1.54, 1.807) is 0 Å². The van der Waals surface area contributed by atoms with Gasteiger partial charge in [0, 0.05) is 0 Å². The second-order valence-electron chi connectivity index (χ2n) is 8.96. The lowest BCUT2D eigenvalue weighted by Gasteiger charge is -2.36. The highest BCUT2D eigenvalue weighted by Gasteiger charge is 2.38. The molecular weight excluding hydrogens is 412 g/mol. The van der Waals surface area contributed by atoms with Crippen LogP contribution >= 0.6 is 12.0 Å². The number of carbonyl (C=O) groups excluding carboxylic acids is 1. The zero-order chi connectivity index (χ0) is 22.8. The molecule has 1 atom stereocenters. The Labute approximate surface area is 193 Å². The summed E-state index contributed by atoms with van der Waals surface area (Å²) in [5, 5.41) is 19.4. The molecule has 1 aliphatic rings. The summed E-state index contributed by atoms with van der Waals surface area (Å²) in [5.74, 6) is -1.98. The molecule has 0 aromatic carbocycles. The number of rotatable bonds is 18. The summed E-state index contributed by atoms with van der Waals surface area (Å²) in [5.41, 5.74) is -0.889. The zero-order valence-corrected chi connectivity index (χ0v) is 20.3. The van der Waals surface area contributed by atoms with E-state index in [1.807, 2.05) is 6.08 Å². The Morgan fingerprint density at radius 1 is 0.935 bits per heavy atom. The van der Waals surface area contributed by atoms with Crippen molar-refractivity contribution < 1.29 is 24.0 Å². The van der Waals surface area contributed by atoms with Crippen LogP contribution in [0.4, 0.5) is 0 Å². The van der Waals surface area contributed by atoms with Crippen molar-refractivity contribution in [2.24, 2.45) is 0 Å². The molecule has 0 aromatic heterocycles. The van der Waals surface area contributed by atoms with Crippen molar-refractivity contribution in [3.05, 3.63) is 12.2 Å². The van der Waals surface area contributed by atoms with E-state index < -0.39 is 24.0 Å². The molecule has 0 radical (unpaired) electrons. The van der Waals surface area contributed by atoms with Crippen LogP contribution in [-0.4, -0.2) is 33.0 Å². The molecule has 0 aliphatic heterocycles. The predicted molar refractivity (Wildman–Crippen MR) is 128 cm³/mol. The molecule has 0 aromatic rings. The molecule has 0 spiro atoms. The standard InChI is InChI=1S/C25H44O5S/c1-2-3-4-5-6-7-8-9-10-11-12-13-15-18-22(25(29)19-16-14-17-20-25)31-30-24(28)21-23(26)27/h15,18,22,29H,2-14,16-17,19-21H2,1H3,(H,26,27)/b18-15+. The van der Waals surface area contributed by atoms with E-state index in [1.165, 1.54) is 64.2 Å². The number of aliphatic hydroxyl groups is 1. The Morgan fingerprint density at radius 2 is 1.48 bits per heavy atom. The largest absolute Gasteiger partial charge is 0.481 e. The summed E-state index contributed by atoms with van der Waals surface area (Å²) < 4.78 is 5.08. The second kappa shape index (κ2) is 17.5. The number of carboxylic acid groups (broad SMARTS) is 1. The van der Waals surface area contributed by atoms with Crippen LogP contribution in [0.1, 0.15) is 122 Å². The lowest BCUT2D eigenvalue weighted by molar-refractivity contribution is -0.145. The van der Waals surface area contributed by atoms with Crippen LogP contribution in [-0.2, 0) is 13.8 Å². The molecule has 1 aliphatic carbocycles. The van der Waals surface area contributed by atoms with Gasteiger partial charge in [-0.1, -0.05) is 103 Å². The molecule has 0 heterocycles. The maximum absolute atomic E-state index is 11.6. The third-order valence-corrected chi connectivity index (χ3v) is 7.16. The molecule has 31 heavy (non-hydrogen) atoms. The zero-order valence-electron chi connectivity index (χ0n) is 19.5. The first-order chi connectivity index (χ1) is 15.0. The quantitative estimate of drug-likeness (QED) is 0.100. The van der Waals surface area contributed by atoms with Gasteiger partial charge in [-0.3, -0.25) is 9.59 Å². The Bertz CT molecular complexity index is 514. The van der Waals surface area contributed by atoms with E-state index >= 15 is 0 Å². The van der Waals surface area contributed by atoms with Gasteiger partial charge in [0.05, 0.1) is 22.9 Å². The lowest BCUT2D eigenvalue weighted by atomic mass is 9.82. The van der Waals surface area contributed by atoms with Gasteiger partial charge in [-0.25, -0.2) is 0 Å². The minimum Gasteiger partial charge on any atom is -0.481 e. The van der Waals surface area contributed by atoms with Crippen LogP contribution in [0, 0.1) is 0 Å². The van der Waals surface area contributed by atoms with E-state index in [2.05, 4.69) is 13.0 Å². The van der Waals surface area contributed by atoms with E-state index in [9.17, 15) is 14.7 Å². The molecule has 6 heteroatoms. The van der Waals surface area contributed by atoms with Crippen molar-refractivity contribution in [2.75, 3.05) is 0 Å². The second-order valence-corrected chi connectivity index (χ2v) is 9.83. The highest BCUT2D eigenvalue weighted by Crippen LogP contribution is 2.38. The third kappa shape index (κ3) is 13.9. The number of aliphatic carboxylic acids is 1. The van der Waals surface area contributed by atoms with Gasteiger partial charge in [0.15, 0.2) is 0 Å². The average Bonchev–Trinajstić information content (AvgIpc) is 2.73. The summed E-state index contributed by atoms with van der Waals surface area (Å²) in [6.45, 7) is 2.25. The maximum Gasteiger partial charge on any atom is 0.329 e. The van der Waals surface area contributed by atoms with Crippen molar-refractivity contribution >= 4 is 24.0 Å². The van der Waals surface area contributed by atoms with Gasteiger partial charge in [0.1, 0.15) is 6.42 Å². The predicted octanol–water partition coefficient (Wildman–Crippen LogP) is 6.97. The minimum absolute atomic E-state index is 0.349. The van der Waals surface area contributed by atoms with Crippen molar-refractivity contribution in [2.45, 2.75) is 133 Å². The van der Waals surface area contributed by atoms with E-state index in [4.69, 9.17) is 9.29 Å². The first-order valence-electron chi connectivity index (χ1n) is 12.4. The fourth-order valence-corrected chi connectivity index (χ4v) is 5.01. The Morgan fingerprint density at radius 3 is 2.03 bits per heavy atom. The van der Waals surface area contributed by atoms with Gasteiger partial charge in [0.2, 0.25) is 0 Å². The van der Waals surface area contributed by atoms with Crippen LogP contribution < -0.4 is 0 Å². The van der Waals surface area contributed by atoms with Gasteiger partial charge in [0.25, 0.3) is 0 Å². The molecule has 1 unspecified atom stereocenters. The molecule has 1 fully saturated rings. The Hall–Kier alpha value is -1.01. The Kier molecular flexibility index (Phi) is 15.9. The highest BCUT2D eigenvalue weighted by atomic mass is 32.2. The maximum atomic E-state index is 11.6. The van der Waals surface area contributed by atoms with Crippen LogP contribution in [0.25, 0.3) is 0 Å². The van der Waals surface area contributed by atoms with Gasteiger partial charge < -0.3 is 14.4 Å². The monoisotopic (exact) mass is 456 g/mol. The Balaban J connectivity index is 2.26. The van der Waals surface area contributed by atoms with Gasteiger partial charge >= 0.3 is 11.9 Å². The van der Waals surface area contributed by atoms with Gasteiger partial charge in [-0.15, -0.1) is 0 Å². The van der Waals surface area contributed by atoms with E-state index in [0.29, 0.717) is 12.8 Å². The SMILES string of the molecule is CCCCCCCCCCCCC/C=C/C(SOC(=O)CC(=O)O)C1(O)CCCCC1. The fraction of sp³-hybridized carbons (Fsp3) is 0.840. The number of hydrogen-bond acceptors (Lipinski definition) is 5. The number of allylic oxidation sites excluding steroid dienone is 1. The first-order valence-corrected chi connectivity index (χ1v) is 13.3. The summed E-state index contributed by atoms with van der Waals surface area (Å²) in [4.78, 5) is 22.3. The smallest absolute Gasteiger partial charge is 0.329 e. The summed E-state index contributed by atoms with van der Waals surface area (Å²) in [6, 6.07) is 0. The van der Waals surface area contributed by atoms with Crippen LogP contribution in [0.2, 0.25) is 0 Å². The fourth-order valence-electron chi connectivity index (χ4n) is 4.15. The lowest BCUT2D eigenvalue weighted by Crippen LogP contribution is -2.41. The first kappa shape index (κ1) is 28.0. The number of carbonyl (C=O) groups is 2. The van der Waals surface area contributed by atoms with Crippen molar-refractivity contribution in [3.63, 3.8) is 0 Å². The van der Waals surface area contributed by atoms with Crippen molar-refractivity contribution in [1.29, 1.82) is 0 Å². The van der Waals surface area contributed by atoms with Crippen LogP contribution in [0.3, 0.4) is 0 Å². The van der Waals surface area contributed by atoms with Gasteiger partial charge in [-0.2, -0.15) is 0 Å². The number of unbranched alkanes of at least 4 members (excludes halogenated alkanes) is 11. The number of hydrogen-bond donors (Lipinski definition) is 2. The normalized spacial score (nSPS) is 17.0. The molecule has 5 nitrogen and oxygen atoms in total. The summed E-state index contributed by atoms with van der Waals surface area (Å²) in [7, 11) is 0. The minimum atomic E-state index is -1.20. The molecule has 1 saturated carbocycles. The van der Waals surface area contributed by atoms with E-state index in [-0.39, 0.29) is 5.25 Å². The van der Waals surface area contributed by atoms with Crippen LogP contribution in [0.5, 0.6) is 0 Å². The topological polar surface area (TPSA) is 83.8 Å². The highest BCUT2D eigenvalue weighted by molar-refractivity contribution is 7.95. The average molecular weight is 457 g/mol. The van der Waals surface area contributed by atoms with Crippen molar-refractivity contribution in [1.82, 2.24) is 0 Å². The summed E-state index contributed by atoms with van der Waals surface area (Å²) in [6.07, 6.45) is 23.2. The molecule has 180 valence electrons. The molecular formula is C25H44O5S. The van der Waals surface area contributed by atoms with Crippen LogP contribution in [0.15, 0.2) is 12.2 Å². The van der Waals surface area contributed by atoms with Gasteiger partial charge in [-0.05, 0) is 25.7 Å². The van der Waals surface area contributed by atoms with Crippen molar-refractivity contribution in [3.8, 4) is 0 Å². The summed E-state index contributed by atoms with van der Waals surface area (Å²) >= 11 is 0.912. The third-order valence-electron chi connectivity index (χ3n) is 6.07. The molecule has 0 bridgehead atoms. The number of carboxylic acids is 1. The van der Waals surface area contributed by atoms with E-state index in [0.717, 1.165) is 44.1 Å². The molecule has 0 amide bonds. The molecule has 2 N–H and O–H groups in total. The molecule has 1 rings (SSSR count).